The average molecular weight is 377 g/mol. The zero-order valence-electron chi connectivity index (χ0n) is 15.9. The standard InChI is InChI=1S/C23H23NO4/c1-14(28-23(27)24-16-7-3-2-4-8-16)15-11-12-19-20(13-15)22(26)18-10-6-5-9-17(18)21(19)25/h5-6,9-14,16H,2-4,7-8H2,1H3,(H,24,27). The van der Waals surface area contributed by atoms with E-state index in [1.807, 2.05) is 0 Å². The Morgan fingerprint density at radius 3 is 2.21 bits per heavy atom. The molecule has 2 aliphatic rings. The zero-order valence-corrected chi connectivity index (χ0v) is 15.9. The number of amides is 1. The van der Waals surface area contributed by atoms with Crippen molar-refractivity contribution < 1.29 is 19.1 Å². The number of carbonyl (C=O) groups is 3. The molecular formula is C23H23NO4. The molecule has 28 heavy (non-hydrogen) atoms. The van der Waals surface area contributed by atoms with Crippen molar-refractivity contribution in [2.24, 2.45) is 0 Å². The Hall–Kier alpha value is -2.95. The molecule has 1 saturated carbocycles. The number of hydrogen-bond donors (Lipinski definition) is 1. The van der Waals surface area contributed by atoms with Crippen LogP contribution >= 0.6 is 0 Å². The summed E-state index contributed by atoms with van der Waals surface area (Å²) < 4.78 is 5.52. The second kappa shape index (κ2) is 7.58. The maximum absolute atomic E-state index is 12.8. The fourth-order valence-corrected chi connectivity index (χ4v) is 4.05. The highest BCUT2D eigenvalue weighted by Gasteiger charge is 2.30. The van der Waals surface area contributed by atoms with Gasteiger partial charge in [0.25, 0.3) is 0 Å². The minimum Gasteiger partial charge on any atom is -0.442 e. The van der Waals surface area contributed by atoms with Crippen LogP contribution in [-0.2, 0) is 4.74 Å². The molecule has 5 heteroatoms. The molecule has 0 heterocycles. The number of fused-ring (bicyclic) bond motifs is 2. The highest BCUT2D eigenvalue weighted by Crippen LogP contribution is 2.30. The van der Waals surface area contributed by atoms with Gasteiger partial charge in [-0.15, -0.1) is 0 Å². The van der Waals surface area contributed by atoms with E-state index in [0.29, 0.717) is 27.8 Å². The summed E-state index contributed by atoms with van der Waals surface area (Å²) in [7, 11) is 0. The second-order valence-electron chi connectivity index (χ2n) is 7.54. The van der Waals surface area contributed by atoms with Gasteiger partial charge in [-0.05, 0) is 37.5 Å². The van der Waals surface area contributed by atoms with Gasteiger partial charge in [-0.25, -0.2) is 4.79 Å². The summed E-state index contributed by atoms with van der Waals surface area (Å²) in [6.45, 7) is 1.77. The number of carbonyl (C=O) groups excluding carboxylic acids is 3. The summed E-state index contributed by atoms with van der Waals surface area (Å²) >= 11 is 0. The van der Waals surface area contributed by atoms with Crippen LogP contribution in [0.1, 0.15) is 82.5 Å². The Labute approximate surface area is 164 Å². The summed E-state index contributed by atoms with van der Waals surface area (Å²) in [5.41, 5.74) is 2.30. The van der Waals surface area contributed by atoms with Gasteiger partial charge in [0.2, 0.25) is 0 Å². The van der Waals surface area contributed by atoms with Gasteiger partial charge in [0, 0.05) is 28.3 Å². The smallest absolute Gasteiger partial charge is 0.407 e. The number of rotatable bonds is 3. The number of alkyl carbamates (subject to hydrolysis) is 1. The highest BCUT2D eigenvalue weighted by molar-refractivity contribution is 6.28. The van der Waals surface area contributed by atoms with Crippen molar-refractivity contribution in [2.45, 2.75) is 51.2 Å². The molecule has 1 atom stereocenters. The van der Waals surface area contributed by atoms with E-state index >= 15 is 0 Å². The Kier molecular flexibility index (Phi) is 4.99. The molecule has 2 aromatic rings. The van der Waals surface area contributed by atoms with Crippen LogP contribution in [0.4, 0.5) is 4.79 Å². The third-order valence-electron chi connectivity index (χ3n) is 5.63. The van der Waals surface area contributed by atoms with Gasteiger partial charge >= 0.3 is 6.09 Å². The Bertz CT molecular complexity index is 943. The van der Waals surface area contributed by atoms with Crippen molar-refractivity contribution >= 4 is 17.7 Å². The molecular weight excluding hydrogens is 354 g/mol. The normalized spacial score (nSPS) is 17.5. The summed E-state index contributed by atoms with van der Waals surface area (Å²) in [5, 5.41) is 2.93. The Balaban J connectivity index is 1.51. The molecule has 5 nitrogen and oxygen atoms in total. The van der Waals surface area contributed by atoms with Crippen molar-refractivity contribution in [3.8, 4) is 0 Å². The topological polar surface area (TPSA) is 72.5 Å². The number of ketones is 2. The molecule has 0 spiro atoms. The van der Waals surface area contributed by atoms with Crippen LogP contribution in [0.25, 0.3) is 0 Å². The maximum atomic E-state index is 12.8. The molecule has 1 N–H and O–H groups in total. The summed E-state index contributed by atoms with van der Waals surface area (Å²) in [5.74, 6) is -0.328. The molecule has 2 aliphatic carbocycles. The number of benzene rings is 2. The van der Waals surface area contributed by atoms with Crippen LogP contribution in [0.15, 0.2) is 42.5 Å². The van der Waals surface area contributed by atoms with Crippen LogP contribution in [0, 0.1) is 0 Å². The molecule has 144 valence electrons. The summed E-state index contributed by atoms with van der Waals surface area (Å²) in [6.07, 6.45) is 4.48. The predicted octanol–water partition coefficient (Wildman–Crippen LogP) is 4.58. The summed E-state index contributed by atoms with van der Waals surface area (Å²) in [4.78, 5) is 37.7. The lowest BCUT2D eigenvalue weighted by Gasteiger charge is -2.24. The molecule has 1 amide bonds. The van der Waals surface area contributed by atoms with E-state index in [2.05, 4.69) is 5.32 Å². The zero-order chi connectivity index (χ0) is 19.7. The number of hydrogen-bond acceptors (Lipinski definition) is 4. The molecule has 0 saturated heterocycles. The lowest BCUT2D eigenvalue weighted by atomic mass is 9.83. The van der Waals surface area contributed by atoms with Crippen molar-refractivity contribution in [3.05, 3.63) is 70.3 Å². The molecule has 2 aromatic carbocycles. The van der Waals surface area contributed by atoms with E-state index < -0.39 is 12.2 Å². The summed E-state index contributed by atoms with van der Waals surface area (Å²) in [6, 6.07) is 12.1. The van der Waals surface area contributed by atoms with Gasteiger partial charge in [-0.1, -0.05) is 49.6 Å². The average Bonchev–Trinajstić information content (AvgIpc) is 2.72. The first-order valence-electron chi connectivity index (χ1n) is 9.84. The van der Waals surface area contributed by atoms with Gasteiger partial charge in [0.05, 0.1) is 0 Å². The van der Waals surface area contributed by atoms with E-state index in [1.165, 1.54) is 6.42 Å². The first-order valence-corrected chi connectivity index (χ1v) is 9.84. The maximum Gasteiger partial charge on any atom is 0.407 e. The number of nitrogens with one attached hydrogen (secondary N) is 1. The predicted molar refractivity (Wildman–Crippen MR) is 105 cm³/mol. The van der Waals surface area contributed by atoms with Gasteiger partial charge < -0.3 is 10.1 Å². The Morgan fingerprint density at radius 2 is 1.54 bits per heavy atom. The van der Waals surface area contributed by atoms with Gasteiger partial charge in [-0.3, -0.25) is 9.59 Å². The Morgan fingerprint density at radius 1 is 0.929 bits per heavy atom. The third kappa shape index (κ3) is 3.44. The third-order valence-corrected chi connectivity index (χ3v) is 5.63. The van der Waals surface area contributed by atoms with E-state index in [9.17, 15) is 14.4 Å². The lowest BCUT2D eigenvalue weighted by molar-refractivity contribution is 0.0973. The van der Waals surface area contributed by atoms with Crippen LogP contribution in [0.5, 0.6) is 0 Å². The monoisotopic (exact) mass is 377 g/mol. The molecule has 1 fully saturated rings. The molecule has 4 rings (SSSR count). The van der Waals surface area contributed by atoms with Crippen molar-refractivity contribution in [2.75, 3.05) is 0 Å². The second-order valence-corrected chi connectivity index (χ2v) is 7.54. The van der Waals surface area contributed by atoms with E-state index in [4.69, 9.17) is 4.74 Å². The first-order chi connectivity index (χ1) is 13.5. The van der Waals surface area contributed by atoms with E-state index in [0.717, 1.165) is 25.7 Å². The van der Waals surface area contributed by atoms with Crippen LogP contribution in [0.2, 0.25) is 0 Å². The van der Waals surface area contributed by atoms with Crippen LogP contribution in [0.3, 0.4) is 0 Å². The van der Waals surface area contributed by atoms with Crippen molar-refractivity contribution in [1.82, 2.24) is 5.32 Å². The minimum atomic E-state index is -0.519. The fraction of sp³-hybridized carbons (Fsp3) is 0.348. The van der Waals surface area contributed by atoms with Crippen molar-refractivity contribution in [1.29, 1.82) is 0 Å². The molecule has 1 unspecified atom stereocenters. The van der Waals surface area contributed by atoms with E-state index in [1.54, 1.807) is 49.4 Å². The highest BCUT2D eigenvalue weighted by atomic mass is 16.6. The first kappa shape index (κ1) is 18.4. The molecule has 0 bridgehead atoms. The lowest BCUT2D eigenvalue weighted by Crippen LogP contribution is -2.36. The van der Waals surface area contributed by atoms with E-state index in [-0.39, 0.29) is 17.6 Å². The fourth-order valence-electron chi connectivity index (χ4n) is 4.05. The van der Waals surface area contributed by atoms with Gasteiger partial charge in [-0.2, -0.15) is 0 Å². The largest absolute Gasteiger partial charge is 0.442 e. The quantitative estimate of drug-likeness (QED) is 0.725. The van der Waals surface area contributed by atoms with Gasteiger partial charge in [0.1, 0.15) is 6.10 Å². The SMILES string of the molecule is CC(OC(=O)NC1CCCCC1)c1ccc2c(c1)C(=O)c1ccccc1C2=O. The molecule has 0 aliphatic heterocycles. The van der Waals surface area contributed by atoms with Crippen LogP contribution < -0.4 is 5.32 Å². The van der Waals surface area contributed by atoms with Crippen molar-refractivity contribution in [3.63, 3.8) is 0 Å². The number of ether oxygens (including phenoxy) is 1. The van der Waals surface area contributed by atoms with Crippen LogP contribution in [-0.4, -0.2) is 23.7 Å². The van der Waals surface area contributed by atoms with Gasteiger partial charge in [0.15, 0.2) is 11.6 Å². The molecule has 0 aromatic heterocycles. The minimum absolute atomic E-state index is 0.152. The molecule has 0 radical (unpaired) electrons.